The molecular formula is C20H27NO11. The van der Waals surface area contributed by atoms with E-state index in [1.165, 1.54) is 0 Å². The van der Waals surface area contributed by atoms with E-state index in [1.807, 2.05) is 6.07 Å². The lowest BCUT2D eigenvalue weighted by Gasteiger charge is -2.43. The molecule has 11 atom stereocenters. The minimum Gasteiger partial charge on any atom is -0.394 e. The predicted molar refractivity (Wildman–Crippen MR) is 102 cm³/mol. The van der Waals surface area contributed by atoms with Crippen molar-refractivity contribution < 1.29 is 54.7 Å². The Hall–Kier alpha value is -1.73. The molecule has 0 aromatic heterocycles. The normalized spacial score (nSPS) is 41.1. The number of benzene rings is 1. The predicted octanol–water partition coefficient (Wildman–Crippen LogP) is -3.11. The summed E-state index contributed by atoms with van der Waals surface area (Å²) in [7, 11) is 0. The lowest BCUT2D eigenvalue weighted by Crippen LogP contribution is -2.61. The van der Waals surface area contributed by atoms with Gasteiger partial charge in [-0.3, -0.25) is 0 Å². The highest BCUT2D eigenvalue weighted by Crippen LogP contribution is 2.28. The third kappa shape index (κ3) is 5.25. The second-order valence-electron chi connectivity index (χ2n) is 7.60. The fourth-order valence-electron chi connectivity index (χ4n) is 3.51. The number of hydrogen-bond donors (Lipinski definition) is 7. The Labute approximate surface area is 183 Å². The van der Waals surface area contributed by atoms with Crippen molar-refractivity contribution in [3.63, 3.8) is 0 Å². The van der Waals surface area contributed by atoms with E-state index in [1.54, 1.807) is 30.3 Å². The number of ether oxygens (including phenoxy) is 4. The highest BCUT2D eigenvalue weighted by molar-refractivity contribution is 5.22. The van der Waals surface area contributed by atoms with Gasteiger partial charge in [0.05, 0.1) is 19.3 Å². The van der Waals surface area contributed by atoms with E-state index in [4.69, 9.17) is 18.9 Å². The quantitative estimate of drug-likeness (QED) is 0.218. The van der Waals surface area contributed by atoms with Gasteiger partial charge >= 0.3 is 0 Å². The Morgan fingerprint density at radius 3 is 1.97 bits per heavy atom. The Morgan fingerprint density at radius 2 is 1.38 bits per heavy atom. The molecule has 2 fully saturated rings. The van der Waals surface area contributed by atoms with Crippen molar-refractivity contribution >= 4 is 0 Å². The first-order chi connectivity index (χ1) is 15.3. The van der Waals surface area contributed by atoms with Crippen molar-refractivity contribution in [2.24, 2.45) is 0 Å². The van der Waals surface area contributed by atoms with Crippen LogP contribution in [-0.4, -0.2) is 110 Å². The summed E-state index contributed by atoms with van der Waals surface area (Å²) in [6, 6.07) is 10.3. The lowest BCUT2D eigenvalue weighted by atomic mass is 9.98. The van der Waals surface area contributed by atoms with Crippen molar-refractivity contribution in [2.45, 2.75) is 67.5 Å². The van der Waals surface area contributed by atoms with Gasteiger partial charge in [-0.1, -0.05) is 30.3 Å². The average Bonchev–Trinajstić information content (AvgIpc) is 2.81. The van der Waals surface area contributed by atoms with E-state index in [-0.39, 0.29) is 0 Å². The average molecular weight is 457 g/mol. The van der Waals surface area contributed by atoms with Crippen LogP contribution < -0.4 is 0 Å². The van der Waals surface area contributed by atoms with Crippen LogP contribution in [0, 0.1) is 11.3 Å². The van der Waals surface area contributed by atoms with Crippen LogP contribution in [0.15, 0.2) is 30.3 Å². The largest absolute Gasteiger partial charge is 0.394 e. The molecule has 2 aliphatic heterocycles. The van der Waals surface area contributed by atoms with Gasteiger partial charge in [-0.05, 0) is 5.56 Å². The third-order valence-electron chi connectivity index (χ3n) is 5.43. The summed E-state index contributed by atoms with van der Waals surface area (Å²) < 4.78 is 21.6. The van der Waals surface area contributed by atoms with Crippen LogP contribution in [0.1, 0.15) is 11.7 Å². The maximum Gasteiger partial charge on any atom is 0.188 e. The summed E-state index contributed by atoms with van der Waals surface area (Å²) >= 11 is 0. The van der Waals surface area contributed by atoms with Gasteiger partial charge < -0.3 is 54.7 Å². The Morgan fingerprint density at radius 1 is 0.812 bits per heavy atom. The molecule has 7 N–H and O–H groups in total. The first-order valence-electron chi connectivity index (χ1n) is 10.00. The molecular weight excluding hydrogens is 430 g/mol. The van der Waals surface area contributed by atoms with Crippen LogP contribution in [0.2, 0.25) is 0 Å². The summed E-state index contributed by atoms with van der Waals surface area (Å²) in [5.74, 6) is 0. The second-order valence-corrected chi connectivity index (χ2v) is 7.60. The van der Waals surface area contributed by atoms with Gasteiger partial charge in [-0.2, -0.15) is 5.26 Å². The van der Waals surface area contributed by atoms with Gasteiger partial charge in [0.15, 0.2) is 18.7 Å². The number of rotatable bonds is 7. The molecule has 178 valence electrons. The standard InChI is InChI=1S/C20H27NO11/c21-6-10(9-4-2-1-3-5-9)30-20-18(28)16(26)14(24)12(32-20)8-29-19-17(27)15(25)13(23)11(7-22)31-19/h1-5,10-20,22-28H,7-8H2/t10-,11+,12-,13+,14+,15+,16+,17+,18+,19+,20+/m0/s1. The minimum absolute atomic E-state index is 0.487. The first kappa shape index (κ1) is 24.9. The number of nitriles is 1. The molecule has 12 heteroatoms. The van der Waals surface area contributed by atoms with Gasteiger partial charge in [0.2, 0.25) is 0 Å². The SMILES string of the molecule is N#C[C@H](O[C@@H]1O[C@@H](CO[C@@H]2O[C@H](CO)[C@@H](O)[C@@H](O)[C@H]2O)[C@@H](O)[C@@H](O)[C@H]1O)c1ccccc1. The zero-order valence-corrected chi connectivity index (χ0v) is 16.9. The molecule has 0 amide bonds. The third-order valence-corrected chi connectivity index (χ3v) is 5.43. The smallest absolute Gasteiger partial charge is 0.188 e. The highest BCUT2D eigenvalue weighted by atomic mass is 16.7. The van der Waals surface area contributed by atoms with Crippen molar-refractivity contribution in [3.05, 3.63) is 35.9 Å². The number of aliphatic hydroxyl groups excluding tert-OH is 7. The number of nitrogens with zero attached hydrogens (tertiary/aromatic N) is 1. The highest BCUT2D eigenvalue weighted by Gasteiger charge is 2.48. The Bertz CT molecular complexity index is 760. The minimum atomic E-state index is -1.70. The van der Waals surface area contributed by atoms with E-state index >= 15 is 0 Å². The monoisotopic (exact) mass is 457 g/mol. The second kappa shape index (κ2) is 10.9. The summed E-state index contributed by atoms with van der Waals surface area (Å²) in [6.07, 6.45) is -16.5. The molecule has 2 saturated heterocycles. The van der Waals surface area contributed by atoms with Crippen LogP contribution >= 0.6 is 0 Å². The lowest BCUT2D eigenvalue weighted by molar-refractivity contribution is -0.334. The van der Waals surface area contributed by atoms with Crippen LogP contribution in [0.4, 0.5) is 0 Å². The molecule has 32 heavy (non-hydrogen) atoms. The van der Waals surface area contributed by atoms with Gasteiger partial charge in [0.25, 0.3) is 0 Å². The summed E-state index contributed by atoms with van der Waals surface area (Å²) in [4.78, 5) is 0. The molecule has 0 aliphatic carbocycles. The summed E-state index contributed by atoms with van der Waals surface area (Å²) in [5, 5.41) is 79.1. The van der Waals surface area contributed by atoms with E-state index in [0.717, 1.165) is 0 Å². The summed E-state index contributed by atoms with van der Waals surface area (Å²) in [6.45, 7) is -1.14. The molecule has 0 bridgehead atoms. The molecule has 12 nitrogen and oxygen atoms in total. The number of hydrogen-bond acceptors (Lipinski definition) is 12. The molecule has 2 aliphatic rings. The molecule has 3 rings (SSSR count). The van der Waals surface area contributed by atoms with Crippen LogP contribution in [-0.2, 0) is 18.9 Å². The maximum absolute atomic E-state index is 10.3. The molecule has 0 unspecified atom stereocenters. The molecule has 0 radical (unpaired) electrons. The van der Waals surface area contributed by atoms with Crippen molar-refractivity contribution in [2.75, 3.05) is 13.2 Å². The van der Waals surface area contributed by atoms with Crippen LogP contribution in [0.5, 0.6) is 0 Å². The van der Waals surface area contributed by atoms with E-state index in [2.05, 4.69) is 0 Å². The fraction of sp³-hybridized carbons (Fsp3) is 0.650. The topological polar surface area (TPSA) is 202 Å². The summed E-state index contributed by atoms with van der Waals surface area (Å²) in [5.41, 5.74) is 0.487. The van der Waals surface area contributed by atoms with Gasteiger partial charge in [0, 0.05) is 0 Å². The zero-order chi connectivity index (χ0) is 23.4. The number of aliphatic hydroxyl groups is 7. The van der Waals surface area contributed by atoms with Crippen LogP contribution in [0.3, 0.4) is 0 Å². The molecule has 1 aromatic carbocycles. The van der Waals surface area contributed by atoms with Crippen molar-refractivity contribution in [3.8, 4) is 6.07 Å². The Balaban J connectivity index is 1.65. The maximum atomic E-state index is 10.3. The molecule has 0 spiro atoms. The van der Waals surface area contributed by atoms with Gasteiger partial charge in [-0.15, -0.1) is 0 Å². The zero-order valence-electron chi connectivity index (χ0n) is 16.9. The van der Waals surface area contributed by atoms with E-state index < -0.39 is 80.7 Å². The molecule has 1 aromatic rings. The fourth-order valence-corrected chi connectivity index (χ4v) is 3.51. The van der Waals surface area contributed by atoms with Crippen molar-refractivity contribution in [1.82, 2.24) is 0 Å². The first-order valence-corrected chi connectivity index (χ1v) is 10.00. The van der Waals surface area contributed by atoms with E-state index in [9.17, 15) is 41.0 Å². The van der Waals surface area contributed by atoms with Gasteiger partial charge in [0.1, 0.15) is 48.8 Å². The molecule has 0 saturated carbocycles. The van der Waals surface area contributed by atoms with E-state index in [0.29, 0.717) is 5.56 Å². The van der Waals surface area contributed by atoms with Crippen molar-refractivity contribution in [1.29, 1.82) is 5.26 Å². The molecule has 2 heterocycles. The Kier molecular flexibility index (Phi) is 8.50. The van der Waals surface area contributed by atoms with Crippen LogP contribution in [0.25, 0.3) is 0 Å². The van der Waals surface area contributed by atoms with Gasteiger partial charge in [-0.25, -0.2) is 0 Å².